The zero-order valence-electron chi connectivity index (χ0n) is 10.3. The molecule has 0 saturated carbocycles. The van der Waals surface area contributed by atoms with Gasteiger partial charge in [-0.25, -0.2) is 9.97 Å². The number of ether oxygens (including phenoxy) is 1. The van der Waals surface area contributed by atoms with Gasteiger partial charge in [0.1, 0.15) is 22.8 Å². The molecule has 19 heavy (non-hydrogen) atoms. The normalized spacial score (nSPS) is 18.7. The van der Waals surface area contributed by atoms with Crippen molar-refractivity contribution in [3.8, 4) is 0 Å². The number of anilines is 1. The van der Waals surface area contributed by atoms with Crippen molar-refractivity contribution >= 4 is 17.4 Å². The molecule has 1 saturated heterocycles. The fraction of sp³-hybridized carbons (Fsp3) is 0.385. The van der Waals surface area contributed by atoms with Gasteiger partial charge in [0.15, 0.2) is 5.82 Å². The van der Waals surface area contributed by atoms with Crippen molar-refractivity contribution < 1.29 is 9.15 Å². The molecule has 0 aromatic carbocycles. The summed E-state index contributed by atoms with van der Waals surface area (Å²) in [6, 6.07) is 5.45. The Bertz CT molecular complexity index is 539. The molecule has 2 aromatic rings. The number of nitrogens with zero attached hydrogens (tertiary/aromatic N) is 2. The molecule has 2 aromatic heterocycles. The molecule has 0 amide bonds. The predicted molar refractivity (Wildman–Crippen MR) is 71.0 cm³/mol. The maximum atomic E-state index is 6.02. The summed E-state index contributed by atoms with van der Waals surface area (Å²) in [5.74, 6) is 2.17. The van der Waals surface area contributed by atoms with Gasteiger partial charge in [-0.1, -0.05) is 11.6 Å². The second kappa shape index (κ2) is 5.59. The lowest BCUT2D eigenvalue weighted by Gasteiger charge is -2.10. The first kappa shape index (κ1) is 12.4. The van der Waals surface area contributed by atoms with Crippen molar-refractivity contribution in [1.82, 2.24) is 9.97 Å². The Hall–Kier alpha value is -1.59. The highest BCUT2D eigenvalue weighted by atomic mass is 35.5. The van der Waals surface area contributed by atoms with Crippen LogP contribution in [0.3, 0.4) is 0 Å². The van der Waals surface area contributed by atoms with Gasteiger partial charge in [-0.05, 0) is 25.0 Å². The first-order valence-corrected chi connectivity index (χ1v) is 6.61. The predicted octanol–water partition coefficient (Wildman–Crippen LogP) is 3.19. The number of halogens is 1. The van der Waals surface area contributed by atoms with Gasteiger partial charge in [0.25, 0.3) is 0 Å². The quantitative estimate of drug-likeness (QED) is 0.871. The summed E-state index contributed by atoms with van der Waals surface area (Å²) in [7, 11) is 0. The summed E-state index contributed by atoms with van der Waals surface area (Å²) in [6.07, 6.45) is 3.58. The fourth-order valence-corrected chi connectivity index (χ4v) is 2.23. The lowest BCUT2D eigenvalue weighted by atomic mass is 10.2. The van der Waals surface area contributed by atoms with Crippen molar-refractivity contribution in [1.29, 1.82) is 0 Å². The minimum atomic E-state index is -0.0390. The molecule has 1 fully saturated rings. The van der Waals surface area contributed by atoms with Gasteiger partial charge in [0.05, 0.1) is 12.8 Å². The van der Waals surface area contributed by atoms with Crippen LogP contribution in [0.1, 0.15) is 30.5 Å². The van der Waals surface area contributed by atoms with Gasteiger partial charge in [-0.15, -0.1) is 0 Å². The highest BCUT2D eigenvalue weighted by molar-refractivity contribution is 6.29. The standard InChI is InChI=1S/C13H14ClN3O2/c14-11-7-12(15-8-9-3-1-5-18-9)17-13(16-11)10-4-2-6-19-10/h1,3,5,7,10H,2,4,6,8H2,(H,15,16,17). The molecule has 0 aliphatic carbocycles. The summed E-state index contributed by atoms with van der Waals surface area (Å²) in [5, 5.41) is 3.59. The van der Waals surface area contributed by atoms with E-state index < -0.39 is 0 Å². The van der Waals surface area contributed by atoms with E-state index in [4.69, 9.17) is 20.8 Å². The molecule has 3 heterocycles. The Morgan fingerprint density at radius 2 is 2.37 bits per heavy atom. The summed E-state index contributed by atoms with van der Waals surface area (Å²) in [5.41, 5.74) is 0. The number of furan rings is 1. The van der Waals surface area contributed by atoms with E-state index >= 15 is 0 Å². The van der Waals surface area contributed by atoms with E-state index in [-0.39, 0.29) is 6.10 Å². The van der Waals surface area contributed by atoms with E-state index in [0.717, 1.165) is 25.2 Å². The van der Waals surface area contributed by atoms with Gasteiger partial charge in [-0.3, -0.25) is 0 Å². The van der Waals surface area contributed by atoms with Crippen LogP contribution in [0.5, 0.6) is 0 Å². The van der Waals surface area contributed by atoms with Crippen molar-refractivity contribution in [3.05, 3.63) is 41.2 Å². The largest absolute Gasteiger partial charge is 0.467 e. The fourth-order valence-electron chi connectivity index (χ4n) is 2.04. The number of rotatable bonds is 4. The molecule has 0 spiro atoms. The molecular formula is C13H14ClN3O2. The van der Waals surface area contributed by atoms with Crippen LogP contribution < -0.4 is 5.32 Å². The molecule has 1 aliphatic heterocycles. The molecular weight excluding hydrogens is 266 g/mol. The third-order valence-electron chi connectivity index (χ3n) is 2.95. The molecule has 6 heteroatoms. The third kappa shape index (κ3) is 3.05. The third-order valence-corrected chi connectivity index (χ3v) is 3.15. The Morgan fingerprint density at radius 1 is 1.42 bits per heavy atom. The van der Waals surface area contributed by atoms with Crippen molar-refractivity contribution in [2.24, 2.45) is 0 Å². The van der Waals surface area contributed by atoms with Crippen LogP contribution >= 0.6 is 11.6 Å². The number of hydrogen-bond donors (Lipinski definition) is 1. The maximum absolute atomic E-state index is 6.02. The van der Waals surface area contributed by atoms with Crippen molar-refractivity contribution in [2.45, 2.75) is 25.5 Å². The SMILES string of the molecule is Clc1cc(NCc2ccco2)nc(C2CCCO2)n1. The van der Waals surface area contributed by atoms with Crippen molar-refractivity contribution in [2.75, 3.05) is 11.9 Å². The maximum Gasteiger partial charge on any atom is 0.161 e. The minimum Gasteiger partial charge on any atom is -0.467 e. The van der Waals surface area contributed by atoms with Crippen LogP contribution in [0.4, 0.5) is 5.82 Å². The first-order valence-electron chi connectivity index (χ1n) is 6.23. The topological polar surface area (TPSA) is 60.2 Å². The Labute approximate surface area is 116 Å². The molecule has 1 atom stereocenters. The van der Waals surface area contributed by atoms with E-state index in [9.17, 15) is 0 Å². The van der Waals surface area contributed by atoms with Gasteiger partial charge in [0.2, 0.25) is 0 Å². The van der Waals surface area contributed by atoms with E-state index in [1.54, 1.807) is 12.3 Å². The molecule has 5 nitrogen and oxygen atoms in total. The summed E-state index contributed by atoms with van der Waals surface area (Å²) < 4.78 is 10.8. The molecule has 0 radical (unpaired) electrons. The Morgan fingerprint density at radius 3 is 3.11 bits per heavy atom. The molecule has 3 rings (SSSR count). The molecule has 1 unspecified atom stereocenters. The average Bonchev–Trinajstić information content (AvgIpc) is 3.09. The number of aromatic nitrogens is 2. The zero-order chi connectivity index (χ0) is 13.1. The first-order chi connectivity index (χ1) is 9.31. The van der Waals surface area contributed by atoms with Crippen molar-refractivity contribution in [3.63, 3.8) is 0 Å². The Kier molecular flexibility index (Phi) is 3.66. The van der Waals surface area contributed by atoms with Gasteiger partial charge >= 0.3 is 0 Å². The Balaban J connectivity index is 1.73. The van der Waals surface area contributed by atoms with Crippen LogP contribution in [-0.2, 0) is 11.3 Å². The summed E-state index contributed by atoms with van der Waals surface area (Å²) in [4.78, 5) is 8.67. The van der Waals surface area contributed by atoms with E-state index in [0.29, 0.717) is 23.3 Å². The lowest BCUT2D eigenvalue weighted by Crippen LogP contribution is -2.07. The summed E-state index contributed by atoms with van der Waals surface area (Å²) >= 11 is 6.02. The molecule has 1 N–H and O–H groups in total. The molecule has 100 valence electrons. The van der Waals surface area contributed by atoms with Crippen LogP contribution in [0.2, 0.25) is 5.15 Å². The summed E-state index contributed by atoms with van der Waals surface area (Å²) in [6.45, 7) is 1.32. The molecule has 0 bridgehead atoms. The van der Waals surface area contributed by atoms with Crippen LogP contribution in [0.25, 0.3) is 0 Å². The van der Waals surface area contributed by atoms with E-state index in [1.165, 1.54) is 0 Å². The van der Waals surface area contributed by atoms with E-state index in [2.05, 4.69) is 15.3 Å². The smallest absolute Gasteiger partial charge is 0.161 e. The van der Waals surface area contributed by atoms with Crippen LogP contribution in [0, 0.1) is 0 Å². The number of hydrogen-bond acceptors (Lipinski definition) is 5. The molecule has 1 aliphatic rings. The van der Waals surface area contributed by atoms with Gasteiger partial charge in [0, 0.05) is 12.7 Å². The van der Waals surface area contributed by atoms with Gasteiger partial charge < -0.3 is 14.5 Å². The highest BCUT2D eigenvalue weighted by Gasteiger charge is 2.21. The van der Waals surface area contributed by atoms with Gasteiger partial charge in [-0.2, -0.15) is 0 Å². The monoisotopic (exact) mass is 279 g/mol. The number of nitrogens with one attached hydrogen (secondary N) is 1. The second-order valence-corrected chi connectivity index (χ2v) is 4.76. The zero-order valence-corrected chi connectivity index (χ0v) is 11.1. The highest BCUT2D eigenvalue weighted by Crippen LogP contribution is 2.27. The lowest BCUT2D eigenvalue weighted by molar-refractivity contribution is 0.105. The average molecular weight is 280 g/mol. The van der Waals surface area contributed by atoms with E-state index in [1.807, 2.05) is 12.1 Å². The minimum absolute atomic E-state index is 0.0390. The van der Waals surface area contributed by atoms with Crippen LogP contribution in [-0.4, -0.2) is 16.6 Å². The van der Waals surface area contributed by atoms with Crippen LogP contribution in [0.15, 0.2) is 28.9 Å². The second-order valence-electron chi connectivity index (χ2n) is 4.37.